The summed E-state index contributed by atoms with van der Waals surface area (Å²) in [7, 11) is 1.86. The maximum absolute atomic E-state index is 12.5. The molecule has 27 heavy (non-hydrogen) atoms. The monoisotopic (exact) mass is 358 g/mol. The number of hydrogen-bond donors (Lipinski definition) is 1. The maximum atomic E-state index is 12.5. The molecule has 0 radical (unpaired) electrons. The van der Waals surface area contributed by atoms with E-state index in [9.17, 15) is 4.79 Å². The van der Waals surface area contributed by atoms with Crippen LogP contribution in [0.4, 0.5) is 5.69 Å². The summed E-state index contributed by atoms with van der Waals surface area (Å²) in [5, 5.41) is 12.0. The molecule has 4 rings (SSSR count). The summed E-state index contributed by atoms with van der Waals surface area (Å²) in [6, 6.07) is 14.9. The van der Waals surface area contributed by atoms with E-state index in [-0.39, 0.29) is 5.43 Å². The van der Waals surface area contributed by atoms with Crippen LogP contribution in [0.15, 0.2) is 71.9 Å². The second-order valence-electron chi connectivity index (χ2n) is 6.06. The molecule has 0 aliphatic heterocycles. The Bertz CT molecular complexity index is 1160. The predicted molar refractivity (Wildman–Crippen MR) is 104 cm³/mol. The molecule has 0 atom stereocenters. The van der Waals surface area contributed by atoms with Gasteiger partial charge < -0.3 is 5.32 Å². The Balaban J connectivity index is 1.84. The van der Waals surface area contributed by atoms with E-state index in [2.05, 4.69) is 20.5 Å². The van der Waals surface area contributed by atoms with E-state index in [1.54, 1.807) is 34.0 Å². The summed E-state index contributed by atoms with van der Waals surface area (Å²) in [5.41, 5.74) is 4.32. The van der Waals surface area contributed by atoms with Gasteiger partial charge in [-0.25, -0.2) is 9.36 Å². The molecule has 0 spiro atoms. The Morgan fingerprint density at radius 1 is 1.00 bits per heavy atom. The van der Waals surface area contributed by atoms with Crippen LogP contribution in [0.5, 0.6) is 0 Å². The van der Waals surface area contributed by atoms with Crippen molar-refractivity contribution in [3.8, 4) is 22.8 Å². The average Bonchev–Trinajstić information content (AvgIpc) is 3.18. The van der Waals surface area contributed by atoms with Gasteiger partial charge in [0, 0.05) is 36.9 Å². The number of nitrogens with zero attached hydrogens (tertiary/aromatic N) is 5. The van der Waals surface area contributed by atoms with E-state index in [1.807, 2.05) is 50.4 Å². The Kier molecular flexibility index (Phi) is 4.25. The lowest BCUT2D eigenvalue weighted by Crippen LogP contribution is -2.15. The van der Waals surface area contributed by atoms with Crippen molar-refractivity contribution < 1.29 is 0 Å². The maximum Gasteiger partial charge on any atom is 0.209 e. The fourth-order valence-electron chi connectivity index (χ4n) is 2.88. The molecule has 3 heterocycles. The summed E-state index contributed by atoms with van der Waals surface area (Å²) >= 11 is 0. The Hall–Kier alpha value is -3.74. The lowest BCUT2D eigenvalue weighted by Gasteiger charge is -2.11. The number of aryl methyl sites for hydroxylation is 1. The lowest BCUT2D eigenvalue weighted by atomic mass is 10.2. The zero-order valence-electron chi connectivity index (χ0n) is 15.0. The normalized spacial score (nSPS) is 10.7. The fourth-order valence-corrected chi connectivity index (χ4v) is 2.88. The molecule has 0 aliphatic carbocycles. The molecule has 0 saturated carbocycles. The van der Waals surface area contributed by atoms with Crippen LogP contribution in [0.2, 0.25) is 0 Å². The average molecular weight is 358 g/mol. The predicted octanol–water partition coefficient (Wildman–Crippen LogP) is 2.83. The molecule has 4 aromatic rings. The van der Waals surface area contributed by atoms with Gasteiger partial charge in [0.05, 0.1) is 23.3 Å². The number of hydrogen-bond acceptors (Lipinski definition) is 5. The van der Waals surface area contributed by atoms with E-state index in [0.29, 0.717) is 11.4 Å². The molecular weight excluding hydrogens is 340 g/mol. The molecule has 0 aliphatic rings. The third-order valence-electron chi connectivity index (χ3n) is 4.22. The van der Waals surface area contributed by atoms with Crippen LogP contribution in [-0.4, -0.2) is 31.6 Å². The van der Waals surface area contributed by atoms with Crippen LogP contribution in [0.3, 0.4) is 0 Å². The summed E-state index contributed by atoms with van der Waals surface area (Å²) < 4.78 is 3.39. The van der Waals surface area contributed by atoms with Crippen molar-refractivity contribution >= 4 is 5.69 Å². The molecule has 0 unspecified atom stereocenters. The molecule has 0 saturated heterocycles. The van der Waals surface area contributed by atoms with Crippen molar-refractivity contribution in [2.45, 2.75) is 6.92 Å². The Labute approximate surface area is 155 Å². The van der Waals surface area contributed by atoms with Gasteiger partial charge >= 0.3 is 0 Å². The molecular formula is C20H18N6O. The van der Waals surface area contributed by atoms with Crippen LogP contribution >= 0.6 is 0 Å². The molecule has 3 aromatic heterocycles. The van der Waals surface area contributed by atoms with Gasteiger partial charge in [-0.2, -0.15) is 10.2 Å². The van der Waals surface area contributed by atoms with Crippen molar-refractivity contribution in [2.75, 3.05) is 12.4 Å². The third-order valence-corrected chi connectivity index (χ3v) is 4.22. The number of rotatable bonds is 4. The van der Waals surface area contributed by atoms with Gasteiger partial charge in [0.1, 0.15) is 0 Å². The molecule has 134 valence electrons. The topological polar surface area (TPSA) is 77.6 Å². The van der Waals surface area contributed by atoms with E-state index < -0.39 is 0 Å². The zero-order valence-corrected chi connectivity index (χ0v) is 15.0. The van der Waals surface area contributed by atoms with Crippen LogP contribution in [0.1, 0.15) is 5.69 Å². The van der Waals surface area contributed by atoms with E-state index in [0.717, 1.165) is 22.8 Å². The first-order chi connectivity index (χ1) is 13.2. The largest absolute Gasteiger partial charge is 0.388 e. The van der Waals surface area contributed by atoms with Gasteiger partial charge in [-0.05, 0) is 43.3 Å². The highest BCUT2D eigenvalue weighted by atomic mass is 16.1. The highest BCUT2D eigenvalue weighted by Crippen LogP contribution is 2.19. The van der Waals surface area contributed by atoms with Crippen molar-refractivity contribution in [3.63, 3.8) is 0 Å². The number of nitrogens with one attached hydrogen (secondary N) is 1. The van der Waals surface area contributed by atoms with Gasteiger partial charge in [0.2, 0.25) is 5.43 Å². The molecule has 0 amide bonds. The second-order valence-corrected chi connectivity index (χ2v) is 6.06. The van der Waals surface area contributed by atoms with Crippen molar-refractivity contribution in [1.29, 1.82) is 0 Å². The Morgan fingerprint density at radius 2 is 1.89 bits per heavy atom. The quantitative estimate of drug-likeness (QED) is 0.607. The summed E-state index contributed by atoms with van der Waals surface area (Å²) in [4.78, 5) is 16.7. The minimum atomic E-state index is -0.163. The zero-order chi connectivity index (χ0) is 18.8. The fraction of sp³-hybridized carbons (Fsp3) is 0.100. The number of aromatic nitrogens is 5. The molecule has 1 aromatic carbocycles. The van der Waals surface area contributed by atoms with Gasteiger partial charge in [-0.15, -0.1) is 0 Å². The van der Waals surface area contributed by atoms with Crippen LogP contribution in [0, 0.1) is 6.92 Å². The third kappa shape index (κ3) is 3.22. The van der Waals surface area contributed by atoms with E-state index in [4.69, 9.17) is 0 Å². The molecule has 0 bridgehead atoms. The van der Waals surface area contributed by atoms with Gasteiger partial charge in [0.15, 0.2) is 5.69 Å². The summed E-state index contributed by atoms with van der Waals surface area (Å²) in [6.45, 7) is 1.91. The number of benzene rings is 1. The van der Waals surface area contributed by atoms with E-state index in [1.165, 1.54) is 6.07 Å². The van der Waals surface area contributed by atoms with Crippen molar-refractivity contribution in [3.05, 3.63) is 83.0 Å². The van der Waals surface area contributed by atoms with Crippen LogP contribution in [0.25, 0.3) is 22.8 Å². The second kappa shape index (κ2) is 6.87. The lowest BCUT2D eigenvalue weighted by molar-refractivity contribution is 0.822. The highest BCUT2D eigenvalue weighted by molar-refractivity contribution is 5.57. The first-order valence-electron chi connectivity index (χ1n) is 8.51. The minimum absolute atomic E-state index is 0.163. The van der Waals surface area contributed by atoms with Gasteiger partial charge in [0.25, 0.3) is 0 Å². The number of pyridine rings is 1. The molecule has 1 N–H and O–H groups in total. The van der Waals surface area contributed by atoms with Crippen LogP contribution < -0.4 is 10.7 Å². The van der Waals surface area contributed by atoms with Crippen LogP contribution in [-0.2, 0) is 0 Å². The molecule has 7 heteroatoms. The SMILES string of the molecule is CNc1cccc(-n2ccc(=O)c(-c3ccnn3-c3ccnc(C)c3)n2)c1. The molecule has 0 fully saturated rings. The summed E-state index contributed by atoms with van der Waals surface area (Å²) in [6.07, 6.45) is 5.04. The van der Waals surface area contributed by atoms with E-state index >= 15 is 0 Å². The molecule has 7 nitrogen and oxygen atoms in total. The smallest absolute Gasteiger partial charge is 0.209 e. The standard InChI is InChI=1S/C20H18N6O/c1-14-12-17(6-9-22-14)26-18(7-10-23-26)20-19(27)8-11-25(24-20)16-5-3-4-15(13-16)21-2/h3-13,21H,1-2H3. The van der Waals surface area contributed by atoms with Gasteiger partial charge in [-0.3, -0.25) is 9.78 Å². The van der Waals surface area contributed by atoms with Crippen molar-refractivity contribution in [1.82, 2.24) is 24.5 Å². The van der Waals surface area contributed by atoms with Crippen molar-refractivity contribution in [2.24, 2.45) is 0 Å². The highest BCUT2D eigenvalue weighted by Gasteiger charge is 2.14. The number of anilines is 1. The van der Waals surface area contributed by atoms with Gasteiger partial charge in [-0.1, -0.05) is 6.07 Å². The first kappa shape index (κ1) is 16.7. The minimum Gasteiger partial charge on any atom is -0.388 e. The first-order valence-corrected chi connectivity index (χ1v) is 8.51. The summed E-state index contributed by atoms with van der Waals surface area (Å²) in [5.74, 6) is 0. The Morgan fingerprint density at radius 3 is 2.70 bits per heavy atom.